The van der Waals surface area contributed by atoms with Crippen molar-refractivity contribution in [1.82, 2.24) is 0 Å². The second-order valence-corrected chi connectivity index (χ2v) is 3.49. The maximum absolute atomic E-state index is 5.63. The molecule has 2 aromatic rings. The minimum absolute atomic E-state index is 0.806. The van der Waals surface area contributed by atoms with Crippen molar-refractivity contribution >= 4 is 5.69 Å². The van der Waals surface area contributed by atoms with Crippen LogP contribution >= 0.6 is 0 Å². The summed E-state index contributed by atoms with van der Waals surface area (Å²) in [5.41, 5.74) is 10.2. The van der Waals surface area contributed by atoms with Crippen molar-refractivity contribution in [3.05, 3.63) is 54.1 Å². The van der Waals surface area contributed by atoms with E-state index in [-0.39, 0.29) is 0 Å². The topological polar surface area (TPSA) is 26.0 Å². The molecule has 0 aliphatic heterocycles. The number of benzene rings is 2. The fourth-order valence-corrected chi connectivity index (χ4v) is 1.42. The highest BCUT2D eigenvalue weighted by atomic mass is 14.5. The number of hydrogen-bond donors (Lipinski definition) is 1. The fraction of sp³-hybridized carbons (Fsp3) is 0.200. The lowest BCUT2D eigenvalue weighted by Gasteiger charge is -2.02. The minimum atomic E-state index is 0.806. The predicted octanol–water partition coefficient (Wildman–Crippen LogP) is 4.27. The average molecular weight is 213 g/mol. The zero-order chi connectivity index (χ0) is 12.0. The summed E-state index contributed by atoms with van der Waals surface area (Å²) in [6, 6.07) is 16.4. The Labute approximate surface area is 97.9 Å². The number of aryl methyl sites for hydroxylation is 1. The number of nitrogens with two attached hydrogens (primary N) is 1. The summed E-state index contributed by atoms with van der Waals surface area (Å²) in [5.74, 6) is 0. The number of hydrogen-bond acceptors (Lipinski definition) is 1. The van der Waals surface area contributed by atoms with E-state index >= 15 is 0 Å². The molecule has 16 heavy (non-hydrogen) atoms. The SMILES string of the molecule is CC.Cc1ccc(-c2ccc(N)cc2)cc1. The molecule has 0 saturated heterocycles. The molecule has 1 heteroatoms. The van der Waals surface area contributed by atoms with Gasteiger partial charge in [0.05, 0.1) is 0 Å². The normalized spacial score (nSPS) is 9.19. The third-order valence-corrected chi connectivity index (χ3v) is 2.30. The highest BCUT2D eigenvalue weighted by Crippen LogP contribution is 2.20. The molecule has 1 nitrogen and oxygen atoms in total. The second-order valence-electron chi connectivity index (χ2n) is 3.49. The van der Waals surface area contributed by atoms with Gasteiger partial charge in [-0.15, -0.1) is 0 Å². The Balaban J connectivity index is 0.000000606. The maximum atomic E-state index is 5.63. The van der Waals surface area contributed by atoms with Crippen molar-refractivity contribution in [3.63, 3.8) is 0 Å². The summed E-state index contributed by atoms with van der Waals surface area (Å²) in [7, 11) is 0. The molecule has 0 heterocycles. The van der Waals surface area contributed by atoms with Gasteiger partial charge in [-0.3, -0.25) is 0 Å². The van der Waals surface area contributed by atoms with Crippen LogP contribution in [-0.4, -0.2) is 0 Å². The van der Waals surface area contributed by atoms with Gasteiger partial charge < -0.3 is 5.73 Å². The second kappa shape index (κ2) is 5.96. The molecule has 2 N–H and O–H groups in total. The van der Waals surface area contributed by atoms with Crippen LogP contribution in [0.3, 0.4) is 0 Å². The molecule has 0 bridgehead atoms. The minimum Gasteiger partial charge on any atom is -0.399 e. The van der Waals surface area contributed by atoms with Crippen LogP contribution in [0.25, 0.3) is 11.1 Å². The first-order valence-corrected chi connectivity index (χ1v) is 5.68. The molecule has 0 aliphatic carbocycles. The Bertz CT molecular complexity index is 369. The molecule has 0 saturated carbocycles. The fourth-order valence-electron chi connectivity index (χ4n) is 1.42. The van der Waals surface area contributed by atoms with Crippen molar-refractivity contribution < 1.29 is 0 Å². The molecular formula is C15H19N. The standard InChI is InChI=1S/C13H13N.C2H6/c1-10-2-4-11(5-3-10)12-6-8-13(14)9-7-12;1-2/h2-9H,14H2,1H3;1-2H3. The number of rotatable bonds is 1. The summed E-state index contributed by atoms with van der Waals surface area (Å²) in [4.78, 5) is 0. The quantitative estimate of drug-likeness (QED) is 0.703. The molecule has 0 atom stereocenters. The van der Waals surface area contributed by atoms with Crippen molar-refractivity contribution in [2.24, 2.45) is 0 Å². The van der Waals surface area contributed by atoms with E-state index in [0.717, 1.165) is 5.69 Å². The van der Waals surface area contributed by atoms with Gasteiger partial charge in [-0.05, 0) is 30.2 Å². The van der Waals surface area contributed by atoms with E-state index in [9.17, 15) is 0 Å². The van der Waals surface area contributed by atoms with Gasteiger partial charge >= 0.3 is 0 Å². The molecule has 0 unspecified atom stereocenters. The highest BCUT2D eigenvalue weighted by Gasteiger charge is 1.95. The summed E-state index contributed by atoms with van der Waals surface area (Å²) in [6.07, 6.45) is 0. The molecule has 2 aromatic carbocycles. The zero-order valence-corrected chi connectivity index (χ0v) is 10.2. The Hall–Kier alpha value is -1.76. The van der Waals surface area contributed by atoms with Crippen molar-refractivity contribution in [2.45, 2.75) is 20.8 Å². The lowest BCUT2D eigenvalue weighted by molar-refractivity contribution is 1.47. The first-order valence-electron chi connectivity index (χ1n) is 5.68. The van der Waals surface area contributed by atoms with Crippen LogP contribution in [0.2, 0.25) is 0 Å². The molecule has 84 valence electrons. The van der Waals surface area contributed by atoms with Gasteiger partial charge in [0.2, 0.25) is 0 Å². The van der Waals surface area contributed by atoms with E-state index in [4.69, 9.17) is 5.73 Å². The molecule has 2 rings (SSSR count). The molecular weight excluding hydrogens is 194 g/mol. The van der Waals surface area contributed by atoms with Gasteiger partial charge in [-0.25, -0.2) is 0 Å². The summed E-state index contributed by atoms with van der Waals surface area (Å²) in [6.45, 7) is 6.09. The number of nitrogen functional groups attached to an aromatic ring is 1. The van der Waals surface area contributed by atoms with Gasteiger partial charge in [0.25, 0.3) is 0 Å². The van der Waals surface area contributed by atoms with Gasteiger partial charge in [-0.1, -0.05) is 55.8 Å². The maximum Gasteiger partial charge on any atom is 0.0314 e. The molecule has 0 fully saturated rings. The van der Waals surface area contributed by atoms with Gasteiger partial charge in [-0.2, -0.15) is 0 Å². The molecule has 0 amide bonds. The van der Waals surface area contributed by atoms with E-state index in [1.54, 1.807) is 0 Å². The zero-order valence-electron chi connectivity index (χ0n) is 10.2. The van der Waals surface area contributed by atoms with Crippen LogP contribution < -0.4 is 5.73 Å². The van der Waals surface area contributed by atoms with Gasteiger partial charge in [0, 0.05) is 5.69 Å². The van der Waals surface area contributed by atoms with Crippen molar-refractivity contribution in [1.29, 1.82) is 0 Å². The van der Waals surface area contributed by atoms with Crippen molar-refractivity contribution in [2.75, 3.05) is 5.73 Å². The summed E-state index contributed by atoms with van der Waals surface area (Å²) >= 11 is 0. The largest absolute Gasteiger partial charge is 0.399 e. The lowest BCUT2D eigenvalue weighted by Crippen LogP contribution is -1.83. The summed E-state index contributed by atoms with van der Waals surface area (Å²) < 4.78 is 0. The first-order chi connectivity index (χ1) is 7.75. The smallest absolute Gasteiger partial charge is 0.0314 e. The molecule has 0 radical (unpaired) electrons. The Morgan fingerprint density at radius 2 is 1.06 bits per heavy atom. The van der Waals surface area contributed by atoms with E-state index in [0.29, 0.717) is 0 Å². The molecule has 0 aromatic heterocycles. The average Bonchev–Trinajstić information content (AvgIpc) is 2.34. The van der Waals surface area contributed by atoms with E-state index in [2.05, 4.69) is 31.2 Å². The number of anilines is 1. The highest BCUT2D eigenvalue weighted by molar-refractivity contribution is 5.65. The van der Waals surface area contributed by atoms with Crippen LogP contribution in [0.4, 0.5) is 5.69 Å². The van der Waals surface area contributed by atoms with E-state index in [1.165, 1.54) is 16.7 Å². The third kappa shape index (κ3) is 3.13. The Morgan fingerprint density at radius 1 is 0.688 bits per heavy atom. The van der Waals surface area contributed by atoms with Crippen LogP contribution in [0.1, 0.15) is 19.4 Å². The molecule has 0 aliphatic rings. The van der Waals surface area contributed by atoms with Crippen LogP contribution in [-0.2, 0) is 0 Å². The van der Waals surface area contributed by atoms with Crippen LogP contribution in [0.5, 0.6) is 0 Å². The third-order valence-electron chi connectivity index (χ3n) is 2.30. The first kappa shape index (κ1) is 12.3. The summed E-state index contributed by atoms with van der Waals surface area (Å²) in [5, 5.41) is 0. The van der Waals surface area contributed by atoms with E-state index < -0.39 is 0 Å². The van der Waals surface area contributed by atoms with Gasteiger partial charge in [0.1, 0.15) is 0 Å². The monoisotopic (exact) mass is 213 g/mol. The Morgan fingerprint density at radius 3 is 1.50 bits per heavy atom. The lowest BCUT2D eigenvalue weighted by atomic mass is 10.0. The molecule has 0 spiro atoms. The Kier molecular flexibility index (Phi) is 4.59. The van der Waals surface area contributed by atoms with E-state index in [1.807, 2.05) is 38.1 Å². The van der Waals surface area contributed by atoms with Crippen molar-refractivity contribution in [3.8, 4) is 11.1 Å². The van der Waals surface area contributed by atoms with Crippen LogP contribution in [0.15, 0.2) is 48.5 Å². The predicted molar refractivity (Wildman–Crippen MR) is 72.4 cm³/mol. The van der Waals surface area contributed by atoms with Crippen LogP contribution in [0, 0.1) is 6.92 Å². The van der Waals surface area contributed by atoms with Gasteiger partial charge in [0.15, 0.2) is 0 Å².